The standard InChI is InChI=1S/C14H27N3O/c1-12-4-8-17(9-5-12)14(18)16(3)11-13-6-7-15(2)10-13/h12-13H,4-11H2,1-3H3. The van der Waals surface area contributed by atoms with E-state index in [2.05, 4.69) is 18.9 Å². The molecule has 2 saturated heterocycles. The minimum atomic E-state index is 0.233. The van der Waals surface area contributed by atoms with Crippen molar-refractivity contribution in [3.05, 3.63) is 0 Å². The van der Waals surface area contributed by atoms with Crippen molar-refractivity contribution in [1.29, 1.82) is 0 Å². The Morgan fingerprint density at radius 1 is 1.22 bits per heavy atom. The number of piperidine rings is 1. The van der Waals surface area contributed by atoms with Gasteiger partial charge < -0.3 is 14.7 Å². The smallest absolute Gasteiger partial charge is 0.319 e. The minimum Gasteiger partial charge on any atom is -0.327 e. The lowest BCUT2D eigenvalue weighted by molar-refractivity contribution is 0.138. The van der Waals surface area contributed by atoms with E-state index in [1.54, 1.807) is 0 Å². The summed E-state index contributed by atoms with van der Waals surface area (Å²) < 4.78 is 0. The molecule has 2 amide bonds. The zero-order chi connectivity index (χ0) is 13.1. The molecule has 0 radical (unpaired) electrons. The highest BCUT2D eigenvalue weighted by molar-refractivity contribution is 5.74. The number of likely N-dealkylation sites (tertiary alicyclic amines) is 2. The van der Waals surface area contributed by atoms with Gasteiger partial charge in [-0.3, -0.25) is 0 Å². The average Bonchev–Trinajstić information content (AvgIpc) is 2.75. The Hall–Kier alpha value is -0.770. The Bertz CT molecular complexity index is 287. The summed E-state index contributed by atoms with van der Waals surface area (Å²) >= 11 is 0. The Kier molecular flexibility index (Phi) is 4.49. The Morgan fingerprint density at radius 2 is 1.89 bits per heavy atom. The molecule has 0 bridgehead atoms. The number of carbonyl (C=O) groups is 1. The molecule has 1 unspecified atom stereocenters. The van der Waals surface area contributed by atoms with Crippen LogP contribution >= 0.6 is 0 Å². The molecule has 2 fully saturated rings. The third-order valence-corrected chi connectivity index (χ3v) is 4.40. The van der Waals surface area contributed by atoms with Gasteiger partial charge in [0.1, 0.15) is 0 Å². The largest absolute Gasteiger partial charge is 0.327 e. The maximum Gasteiger partial charge on any atom is 0.319 e. The summed E-state index contributed by atoms with van der Waals surface area (Å²) in [5.41, 5.74) is 0. The highest BCUT2D eigenvalue weighted by Gasteiger charge is 2.26. The molecule has 18 heavy (non-hydrogen) atoms. The lowest BCUT2D eigenvalue weighted by Gasteiger charge is -2.34. The molecule has 0 aromatic heterocycles. The van der Waals surface area contributed by atoms with Gasteiger partial charge in [0.25, 0.3) is 0 Å². The van der Waals surface area contributed by atoms with Gasteiger partial charge in [0.15, 0.2) is 0 Å². The van der Waals surface area contributed by atoms with E-state index in [1.807, 2.05) is 16.8 Å². The fourth-order valence-corrected chi connectivity index (χ4v) is 3.08. The van der Waals surface area contributed by atoms with E-state index in [1.165, 1.54) is 13.0 Å². The van der Waals surface area contributed by atoms with E-state index in [4.69, 9.17) is 0 Å². The molecule has 0 N–H and O–H groups in total. The monoisotopic (exact) mass is 253 g/mol. The van der Waals surface area contributed by atoms with Crippen molar-refractivity contribution in [1.82, 2.24) is 14.7 Å². The maximum absolute atomic E-state index is 12.3. The molecule has 0 aromatic carbocycles. The van der Waals surface area contributed by atoms with Gasteiger partial charge in [0, 0.05) is 33.2 Å². The van der Waals surface area contributed by atoms with Gasteiger partial charge in [-0.05, 0) is 44.7 Å². The van der Waals surface area contributed by atoms with Gasteiger partial charge in [-0.15, -0.1) is 0 Å². The number of nitrogens with zero attached hydrogens (tertiary/aromatic N) is 3. The zero-order valence-electron chi connectivity index (χ0n) is 12.1. The molecule has 4 nitrogen and oxygen atoms in total. The molecule has 4 heteroatoms. The molecule has 104 valence electrons. The maximum atomic E-state index is 12.3. The minimum absolute atomic E-state index is 0.233. The fourth-order valence-electron chi connectivity index (χ4n) is 3.08. The SMILES string of the molecule is CC1CCN(C(=O)N(C)CC2CCN(C)C2)CC1. The fraction of sp³-hybridized carbons (Fsp3) is 0.929. The Morgan fingerprint density at radius 3 is 2.44 bits per heavy atom. The Labute approximate surface area is 111 Å². The van der Waals surface area contributed by atoms with Crippen LogP contribution in [0.2, 0.25) is 0 Å². The molecule has 2 heterocycles. The van der Waals surface area contributed by atoms with Crippen LogP contribution in [0.1, 0.15) is 26.2 Å². The van der Waals surface area contributed by atoms with Crippen LogP contribution in [0.15, 0.2) is 0 Å². The van der Waals surface area contributed by atoms with Gasteiger partial charge >= 0.3 is 6.03 Å². The summed E-state index contributed by atoms with van der Waals surface area (Å²) in [6.45, 7) is 7.38. The van der Waals surface area contributed by atoms with Crippen LogP contribution in [0.3, 0.4) is 0 Å². The van der Waals surface area contributed by atoms with Crippen molar-refractivity contribution in [2.75, 3.05) is 46.8 Å². The third-order valence-electron chi connectivity index (χ3n) is 4.40. The molecule has 2 aliphatic heterocycles. The van der Waals surface area contributed by atoms with Crippen LogP contribution in [0.25, 0.3) is 0 Å². The number of carbonyl (C=O) groups excluding carboxylic acids is 1. The number of urea groups is 1. The second-order valence-corrected chi connectivity index (χ2v) is 6.25. The molecular weight excluding hydrogens is 226 g/mol. The van der Waals surface area contributed by atoms with E-state index in [0.29, 0.717) is 5.92 Å². The summed E-state index contributed by atoms with van der Waals surface area (Å²) in [5, 5.41) is 0. The van der Waals surface area contributed by atoms with Gasteiger partial charge in [-0.25, -0.2) is 4.79 Å². The number of amides is 2. The van der Waals surface area contributed by atoms with Crippen LogP contribution in [-0.4, -0.2) is 67.5 Å². The predicted molar refractivity (Wildman–Crippen MR) is 73.6 cm³/mol. The lowest BCUT2D eigenvalue weighted by Crippen LogP contribution is -2.46. The molecular formula is C14H27N3O. The van der Waals surface area contributed by atoms with Crippen molar-refractivity contribution in [3.63, 3.8) is 0 Å². The van der Waals surface area contributed by atoms with Gasteiger partial charge in [0.2, 0.25) is 0 Å². The van der Waals surface area contributed by atoms with Crippen LogP contribution < -0.4 is 0 Å². The van der Waals surface area contributed by atoms with E-state index in [0.717, 1.165) is 44.9 Å². The van der Waals surface area contributed by atoms with Crippen molar-refractivity contribution >= 4 is 6.03 Å². The number of hydrogen-bond donors (Lipinski definition) is 0. The van der Waals surface area contributed by atoms with Crippen molar-refractivity contribution in [2.45, 2.75) is 26.2 Å². The summed E-state index contributed by atoms with van der Waals surface area (Å²) in [6, 6.07) is 0.233. The average molecular weight is 253 g/mol. The molecule has 0 aliphatic carbocycles. The first-order valence-corrected chi connectivity index (χ1v) is 7.25. The number of rotatable bonds is 2. The second-order valence-electron chi connectivity index (χ2n) is 6.25. The van der Waals surface area contributed by atoms with Crippen LogP contribution in [0, 0.1) is 11.8 Å². The zero-order valence-corrected chi connectivity index (χ0v) is 12.1. The molecule has 0 spiro atoms. The summed E-state index contributed by atoms with van der Waals surface area (Å²) in [6.07, 6.45) is 3.54. The van der Waals surface area contributed by atoms with E-state index >= 15 is 0 Å². The van der Waals surface area contributed by atoms with Gasteiger partial charge in [-0.2, -0.15) is 0 Å². The van der Waals surface area contributed by atoms with Crippen molar-refractivity contribution in [2.24, 2.45) is 11.8 Å². The van der Waals surface area contributed by atoms with E-state index in [9.17, 15) is 4.79 Å². The highest BCUT2D eigenvalue weighted by atomic mass is 16.2. The Balaban J connectivity index is 1.77. The van der Waals surface area contributed by atoms with Crippen molar-refractivity contribution in [3.8, 4) is 0 Å². The molecule has 0 aromatic rings. The predicted octanol–water partition coefficient (Wildman–Crippen LogP) is 1.72. The van der Waals surface area contributed by atoms with Crippen LogP contribution in [0.4, 0.5) is 4.79 Å². The van der Waals surface area contributed by atoms with E-state index < -0.39 is 0 Å². The van der Waals surface area contributed by atoms with Gasteiger partial charge in [0.05, 0.1) is 0 Å². The first-order valence-electron chi connectivity index (χ1n) is 7.25. The van der Waals surface area contributed by atoms with Crippen molar-refractivity contribution < 1.29 is 4.79 Å². The molecule has 1 atom stereocenters. The summed E-state index contributed by atoms with van der Waals surface area (Å²) in [5.74, 6) is 1.44. The molecule has 2 aliphatic rings. The van der Waals surface area contributed by atoms with Gasteiger partial charge in [-0.1, -0.05) is 6.92 Å². The molecule has 0 saturated carbocycles. The lowest BCUT2D eigenvalue weighted by atomic mass is 9.99. The first kappa shape index (κ1) is 13.7. The summed E-state index contributed by atoms with van der Waals surface area (Å²) in [4.78, 5) is 18.6. The highest BCUT2D eigenvalue weighted by Crippen LogP contribution is 2.19. The first-order chi connectivity index (χ1) is 8.56. The summed E-state index contributed by atoms with van der Waals surface area (Å²) in [7, 11) is 4.12. The third kappa shape index (κ3) is 3.37. The number of hydrogen-bond acceptors (Lipinski definition) is 2. The quantitative estimate of drug-likeness (QED) is 0.749. The van der Waals surface area contributed by atoms with Crippen LogP contribution in [-0.2, 0) is 0 Å². The van der Waals surface area contributed by atoms with Crippen LogP contribution in [0.5, 0.6) is 0 Å². The second kappa shape index (κ2) is 5.91. The van der Waals surface area contributed by atoms with E-state index in [-0.39, 0.29) is 6.03 Å². The molecule has 2 rings (SSSR count). The normalized spacial score (nSPS) is 26.6. The topological polar surface area (TPSA) is 26.8 Å².